The van der Waals surface area contributed by atoms with Crippen molar-refractivity contribution in [3.63, 3.8) is 0 Å². The maximum atomic E-state index is 13.9. The molecule has 0 fully saturated rings. The lowest BCUT2D eigenvalue weighted by molar-refractivity contribution is 0.532. The Kier molecular flexibility index (Phi) is 4.51. The fourth-order valence-electron chi connectivity index (χ4n) is 2.05. The molecule has 0 saturated heterocycles. The van der Waals surface area contributed by atoms with Gasteiger partial charge in [0.15, 0.2) is 0 Å². The predicted octanol–water partition coefficient (Wildman–Crippen LogP) is 4.12. The standard InChI is InChI=1S/C15H14ClF2N/c1-19-15(8-10-3-2-4-12(17)7-10)13-6-5-11(16)9-14(13)18/h2-7,9,15,19H,8H2,1H3. The van der Waals surface area contributed by atoms with Gasteiger partial charge in [-0.1, -0.05) is 29.8 Å². The molecule has 0 aliphatic rings. The van der Waals surface area contributed by atoms with E-state index in [1.54, 1.807) is 25.2 Å². The average molecular weight is 282 g/mol. The van der Waals surface area contributed by atoms with Crippen LogP contribution in [0.4, 0.5) is 8.78 Å². The minimum absolute atomic E-state index is 0.223. The summed E-state index contributed by atoms with van der Waals surface area (Å²) in [7, 11) is 1.75. The summed E-state index contributed by atoms with van der Waals surface area (Å²) in [4.78, 5) is 0. The molecule has 0 saturated carbocycles. The van der Waals surface area contributed by atoms with E-state index in [4.69, 9.17) is 11.6 Å². The first-order valence-electron chi connectivity index (χ1n) is 5.97. The van der Waals surface area contributed by atoms with E-state index in [1.807, 2.05) is 6.07 Å². The number of hydrogen-bond donors (Lipinski definition) is 1. The molecule has 1 nitrogen and oxygen atoms in total. The summed E-state index contributed by atoms with van der Waals surface area (Å²) in [6.07, 6.45) is 0.507. The van der Waals surface area contributed by atoms with E-state index < -0.39 is 0 Å². The molecular formula is C15H14ClF2N. The second-order valence-corrected chi connectivity index (χ2v) is 4.78. The smallest absolute Gasteiger partial charge is 0.129 e. The third kappa shape index (κ3) is 3.52. The van der Waals surface area contributed by atoms with E-state index in [9.17, 15) is 8.78 Å². The quantitative estimate of drug-likeness (QED) is 0.889. The van der Waals surface area contributed by atoms with Crippen LogP contribution in [0.3, 0.4) is 0 Å². The van der Waals surface area contributed by atoms with E-state index in [2.05, 4.69) is 5.32 Å². The second kappa shape index (κ2) is 6.13. The van der Waals surface area contributed by atoms with E-state index in [0.29, 0.717) is 17.0 Å². The molecule has 2 aromatic carbocycles. The van der Waals surface area contributed by atoms with Crippen LogP contribution in [0, 0.1) is 11.6 Å². The van der Waals surface area contributed by atoms with Gasteiger partial charge in [-0.05, 0) is 43.3 Å². The molecule has 0 bridgehead atoms. The summed E-state index contributed by atoms with van der Waals surface area (Å²) in [5.74, 6) is -0.646. The molecule has 19 heavy (non-hydrogen) atoms. The average Bonchev–Trinajstić information content (AvgIpc) is 2.37. The van der Waals surface area contributed by atoms with Crippen molar-refractivity contribution in [3.8, 4) is 0 Å². The number of benzene rings is 2. The van der Waals surface area contributed by atoms with Crippen molar-refractivity contribution < 1.29 is 8.78 Å². The molecule has 1 N–H and O–H groups in total. The lowest BCUT2D eigenvalue weighted by Crippen LogP contribution is -2.20. The SMILES string of the molecule is CNC(Cc1cccc(F)c1)c1ccc(Cl)cc1F. The Labute approximate surface area is 116 Å². The highest BCUT2D eigenvalue weighted by molar-refractivity contribution is 6.30. The molecular weight excluding hydrogens is 268 g/mol. The van der Waals surface area contributed by atoms with Crippen molar-refractivity contribution in [2.24, 2.45) is 0 Å². The summed E-state index contributed by atoms with van der Waals surface area (Å²) >= 11 is 5.74. The van der Waals surface area contributed by atoms with Crippen LogP contribution in [-0.2, 0) is 6.42 Å². The Balaban J connectivity index is 2.25. The van der Waals surface area contributed by atoms with Crippen molar-refractivity contribution in [2.45, 2.75) is 12.5 Å². The zero-order valence-electron chi connectivity index (χ0n) is 10.5. The Hall–Kier alpha value is -1.45. The van der Waals surface area contributed by atoms with Crippen LogP contribution in [-0.4, -0.2) is 7.05 Å². The topological polar surface area (TPSA) is 12.0 Å². The lowest BCUT2D eigenvalue weighted by atomic mass is 9.98. The molecule has 100 valence electrons. The molecule has 0 aliphatic carbocycles. The molecule has 2 rings (SSSR count). The lowest BCUT2D eigenvalue weighted by Gasteiger charge is -2.17. The van der Waals surface area contributed by atoms with Gasteiger partial charge in [-0.3, -0.25) is 0 Å². The van der Waals surface area contributed by atoms with Crippen LogP contribution in [0.25, 0.3) is 0 Å². The Morgan fingerprint density at radius 2 is 1.95 bits per heavy atom. The van der Waals surface area contributed by atoms with Crippen molar-refractivity contribution in [1.82, 2.24) is 5.32 Å². The largest absolute Gasteiger partial charge is 0.313 e. The molecule has 0 amide bonds. The van der Waals surface area contributed by atoms with Gasteiger partial charge in [0, 0.05) is 16.6 Å². The van der Waals surface area contributed by atoms with E-state index in [0.717, 1.165) is 5.56 Å². The van der Waals surface area contributed by atoms with Crippen molar-refractivity contribution >= 4 is 11.6 Å². The molecule has 4 heteroatoms. The van der Waals surface area contributed by atoms with Crippen LogP contribution in [0.15, 0.2) is 42.5 Å². The summed E-state index contributed by atoms with van der Waals surface area (Å²) < 4.78 is 27.0. The van der Waals surface area contributed by atoms with Crippen LogP contribution in [0.5, 0.6) is 0 Å². The number of hydrogen-bond acceptors (Lipinski definition) is 1. The maximum absolute atomic E-state index is 13.9. The van der Waals surface area contributed by atoms with Gasteiger partial charge in [-0.15, -0.1) is 0 Å². The summed E-state index contributed by atoms with van der Waals surface area (Å²) in [6, 6.07) is 10.7. The number of halogens is 3. The zero-order valence-corrected chi connectivity index (χ0v) is 11.2. The first kappa shape index (κ1) is 14.0. The summed E-state index contributed by atoms with van der Waals surface area (Å²) in [6.45, 7) is 0. The molecule has 0 spiro atoms. The number of likely N-dealkylation sites (N-methyl/N-ethyl adjacent to an activating group) is 1. The summed E-state index contributed by atoms with van der Waals surface area (Å²) in [5.41, 5.74) is 1.34. The molecule has 0 aliphatic heterocycles. The normalized spacial score (nSPS) is 12.4. The van der Waals surface area contributed by atoms with E-state index in [1.165, 1.54) is 18.2 Å². The van der Waals surface area contributed by atoms with Gasteiger partial charge < -0.3 is 5.32 Å². The molecule has 0 aromatic heterocycles. The van der Waals surface area contributed by atoms with Crippen LogP contribution in [0.1, 0.15) is 17.2 Å². The van der Waals surface area contributed by atoms with Gasteiger partial charge >= 0.3 is 0 Å². The number of nitrogens with one attached hydrogen (secondary N) is 1. The van der Waals surface area contributed by atoms with Crippen LogP contribution < -0.4 is 5.32 Å². The van der Waals surface area contributed by atoms with E-state index >= 15 is 0 Å². The van der Waals surface area contributed by atoms with Crippen molar-refractivity contribution in [1.29, 1.82) is 0 Å². The minimum Gasteiger partial charge on any atom is -0.313 e. The second-order valence-electron chi connectivity index (χ2n) is 4.34. The fourth-order valence-corrected chi connectivity index (χ4v) is 2.21. The monoisotopic (exact) mass is 281 g/mol. The molecule has 0 heterocycles. The molecule has 1 unspecified atom stereocenters. The van der Waals surface area contributed by atoms with Crippen LogP contribution in [0.2, 0.25) is 5.02 Å². The van der Waals surface area contributed by atoms with Crippen molar-refractivity contribution in [3.05, 3.63) is 70.2 Å². The van der Waals surface area contributed by atoms with Gasteiger partial charge in [0.2, 0.25) is 0 Å². The van der Waals surface area contributed by atoms with Gasteiger partial charge in [-0.2, -0.15) is 0 Å². The Morgan fingerprint density at radius 1 is 1.16 bits per heavy atom. The highest BCUT2D eigenvalue weighted by Crippen LogP contribution is 2.23. The van der Waals surface area contributed by atoms with Gasteiger partial charge in [-0.25, -0.2) is 8.78 Å². The van der Waals surface area contributed by atoms with Crippen molar-refractivity contribution in [2.75, 3.05) is 7.05 Å². The first-order chi connectivity index (χ1) is 9.10. The zero-order chi connectivity index (χ0) is 13.8. The third-order valence-electron chi connectivity index (χ3n) is 3.02. The third-order valence-corrected chi connectivity index (χ3v) is 3.25. The Morgan fingerprint density at radius 3 is 2.58 bits per heavy atom. The van der Waals surface area contributed by atoms with Crippen LogP contribution >= 0.6 is 11.6 Å². The molecule has 2 aromatic rings. The van der Waals surface area contributed by atoms with E-state index in [-0.39, 0.29) is 17.7 Å². The highest BCUT2D eigenvalue weighted by atomic mass is 35.5. The highest BCUT2D eigenvalue weighted by Gasteiger charge is 2.15. The van der Waals surface area contributed by atoms with Gasteiger partial charge in [0.25, 0.3) is 0 Å². The van der Waals surface area contributed by atoms with Gasteiger partial charge in [0.05, 0.1) is 0 Å². The molecule has 0 radical (unpaired) electrons. The Bertz CT molecular complexity index is 572. The summed E-state index contributed by atoms with van der Waals surface area (Å²) in [5, 5.41) is 3.40. The minimum atomic E-state index is -0.358. The first-order valence-corrected chi connectivity index (χ1v) is 6.34. The molecule has 1 atom stereocenters. The number of rotatable bonds is 4. The predicted molar refractivity (Wildman–Crippen MR) is 73.3 cm³/mol. The maximum Gasteiger partial charge on any atom is 0.129 e. The van der Waals surface area contributed by atoms with Gasteiger partial charge in [0.1, 0.15) is 11.6 Å². The fraction of sp³-hybridized carbons (Fsp3) is 0.200.